The molecule has 110 valence electrons. The molecular formula is C13H24N2O4. The third-order valence-electron chi connectivity index (χ3n) is 3.54. The minimum Gasteiger partial charge on any atom is -0.481 e. The number of carbonyl (C=O) groups is 2. The zero-order valence-electron chi connectivity index (χ0n) is 11.6. The molecule has 1 aliphatic heterocycles. The van der Waals surface area contributed by atoms with Gasteiger partial charge in [0.15, 0.2) is 0 Å². The SMILES string of the molecule is CC(C)(CCNC(=O)C1CC(O)CN1)CCC(=O)O. The van der Waals surface area contributed by atoms with Gasteiger partial charge in [-0.05, 0) is 24.7 Å². The number of hydrogen-bond donors (Lipinski definition) is 4. The van der Waals surface area contributed by atoms with Crippen LogP contribution >= 0.6 is 0 Å². The Labute approximate surface area is 113 Å². The zero-order chi connectivity index (χ0) is 14.5. The maximum Gasteiger partial charge on any atom is 0.303 e. The van der Waals surface area contributed by atoms with E-state index in [0.717, 1.165) is 6.42 Å². The van der Waals surface area contributed by atoms with Crippen LogP contribution in [0.3, 0.4) is 0 Å². The van der Waals surface area contributed by atoms with Crippen LogP contribution in [0.2, 0.25) is 0 Å². The molecule has 2 unspecified atom stereocenters. The van der Waals surface area contributed by atoms with Crippen molar-refractivity contribution in [3.8, 4) is 0 Å². The number of carboxylic acids is 1. The van der Waals surface area contributed by atoms with Gasteiger partial charge in [0.1, 0.15) is 0 Å². The number of amides is 1. The zero-order valence-corrected chi connectivity index (χ0v) is 11.6. The predicted molar refractivity (Wildman–Crippen MR) is 70.7 cm³/mol. The summed E-state index contributed by atoms with van der Waals surface area (Å²) in [5.74, 6) is -0.883. The highest BCUT2D eigenvalue weighted by molar-refractivity contribution is 5.82. The highest BCUT2D eigenvalue weighted by atomic mass is 16.4. The molecule has 0 aliphatic carbocycles. The standard InChI is InChI=1S/C13H24N2O4/c1-13(2,4-3-11(17)18)5-6-14-12(19)10-7-9(16)8-15-10/h9-10,15-16H,3-8H2,1-2H3,(H,14,19)(H,17,18). The van der Waals surface area contributed by atoms with Gasteiger partial charge in [-0.25, -0.2) is 0 Å². The molecule has 0 aromatic heterocycles. The third kappa shape index (κ3) is 6.02. The van der Waals surface area contributed by atoms with Gasteiger partial charge in [0.05, 0.1) is 12.1 Å². The second-order valence-electron chi connectivity index (χ2n) is 5.95. The van der Waals surface area contributed by atoms with Gasteiger partial charge >= 0.3 is 5.97 Å². The molecule has 0 aromatic carbocycles. The smallest absolute Gasteiger partial charge is 0.303 e. The monoisotopic (exact) mass is 272 g/mol. The lowest BCUT2D eigenvalue weighted by atomic mass is 9.84. The second-order valence-corrected chi connectivity index (χ2v) is 5.95. The van der Waals surface area contributed by atoms with Crippen LogP contribution in [0.1, 0.15) is 39.5 Å². The summed E-state index contributed by atoms with van der Waals surface area (Å²) in [5.41, 5.74) is -0.103. The lowest BCUT2D eigenvalue weighted by Crippen LogP contribution is -2.41. The molecule has 0 radical (unpaired) electrons. The Morgan fingerprint density at radius 3 is 2.58 bits per heavy atom. The summed E-state index contributed by atoms with van der Waals surface area (Å²) in [6.07, 6.45) is 1.49. The fourth-order valence-electron chi connectivity index (χ4n) is 2.13. The molecule has 1 aliphatic rings. The third-order valence-corrected chi connectivity index (χ3v) is 3.54. The Kier molecular flexibility index (Phi) is 5.75. The van der Waals surface area contributed by atoms with E-state index < -0.39 is 12.1 Å². The van der Waals surface area contributed by atoms with Crippen LogP contribution < -0.4 is 10.6 Å². The van der Waals surface area contributed by atoms with E-state index in [-0.39, 0.29) is 23.8 Å². The van der Waals surface area contributed by atoms with Crippen molar-refractivity contribution in [2.24, 2.45) is 5.41 Å². The van der Waals surface area contributed by atoms with E-state index in [4.69, 9.17) is 5.11 Å². The van der Waals surface area contributed by atoms with Gasteiger partial charge in [-0.3, -0.25) is 9.59 Å². The Morgan fingerprint density at radius 1 is 1.37 bits per heavy atom. The first-order chi connectivity index (χ1) is 8.80. The van der Waals surface area contributed by atoms with Gasteiger partial charge < -0.3 is 20.8 Å². The van der Waals surface area contributed by atoms with E-state index in [1.54, 1.807) is 0 Å². The van der Waals surface area contributed by atoms with Crippen LogP contribution in [0.15, 0.2) is 0 Å². The lowest BCUT2D eigenvalue weighted by Gasteiger charge is -2.24. The molecule has 19 heavy (non-hydrogen) atoms. The average Bonchev–Trinajstić information content (AvgIpc) is 2.73. The maximum atomic E-state index is 11.8. The van der Waals surface area contributed by atoms with E-state index in [2.05, 4.69) is 10.6 Å². The highest BCUT2D eigenvalue weighted by Gasteiger charge is 2.28. The van der Waals surface area contributed by atoms with Crippen molar-refractivity contribution in [3.63, 3.8) is 0 Å². The Balaban J connectivity index is 2.21. The number of nitrogens with one attached hydrogen (secondary N) is 2. The molecular weight excluding hydrogens is 248 g/mol. The normalized spacial score (nSPS) is 23.3. The Morgan fingerprint density at radius 2 is 2.05 bits per heavy atom. The minimum absolute atomic E-state index is 0.0921. The summed E-state index contributed by atoms with van der Waals surface area (Å²) < 4.78 is 0. The number of hydrogen-bond acceptors (Lipinski definition) is 4. The van der Waals surface area contributed by atoms with Crippen LogP contribution in [0.4, 0.5) is 0 Å². The molecule has 0 spiro atoms. The van der Waals surface area contributed by atoms with Crippen LogP contribution in [0.5, 0.6) is 0 Å². The number of β-amino-alcohol motifs (C(OH)–C–C–N with tert-alkyl or cyclic N) is 1. The summed E-state index contributed by atoms with van der Waals surface area (Å²) in [6, 6.07) is -0.308. The maximum absolute atomic E-state index is 11.8. The summed E-state index contributed by atoms with van der Waals surface area (Å²) in [7, 11) is 0. The molecule has 0 saturated carbocycles. The second kappa shape index (κ2) is 6.86. The molecule has 6 nitrogen and oxygen atoms in total. The molecule has 0 bridgehead atoms. The van der Waals surface area contributed by atoms with Crippen LogP contribution in [-0.4, -0.2) is 47.3 Å². The fourth-order valence-corrected chi connectivity index (χ4v) is 2.13. The van der Waals surface area contributed by atoms with Crippen LogP contribution in [-0.2, 0) is 9.59 Å². The fraction of sp³-hybridized carbons (Fsp3) is 0.846. The van der Waals surface area contributed by atoms with Crippen molar-refractivity contribution in [3.05, 3.63) is 0 Å². The van der Waals surface area contributed by atoms with Crippen molar-refractivity contribution in [1.82, 2.24) is 10.6 Å². The number of rotatable bonds is 7. The van der Waals surface area contributed by atoms with Crippen LogP contribution in [0, 0.1) is 5.41 Å². The predicted octanol–water partition coefficient (Wildman–Crippen LogP) is 0.107. The number of aliphatic carboxylic acids is 1. The Hall–Kier alpha value is -1.14. The average molecular weight is 272 g/mol. The van der Waals surface area contributed by atoms with E-state index in [0.29, 0.717) is 25.9 Å². The molecule has 6 heteroatoms. The summed E-state index contributed by atoms with van der Waals surface area (Å²) in [4.78, 5) is 22.3. The highest BCUT2D eigenvalue weighted by Crippen LogP contribution is 2.26. The number of aliphatic hydroxyl groups excluding tert-OH is 1. The summed E-state index contributed by atoms with van der Waals surface area (Å²) in [5, 5.41) is 23.8. The molecule has 1 heterocycles. The van der Waals surface area contributed by atoms with Gasteiger partial charge in [0.25, 0.3) is 0 Å². The lowest BCUT2D eigenvalue weighted by molar-refractivity contribution is -0.137. The van der Waals surface area contributed by atoms with Crippen molar-refractivity contribution in [2.45, 2.75) is 51.7 Å². The molecule has 4 N–H and O–H groups in total. The van der Waals surface area contributed by atoms with E-state index in [1.807, 2.05) is 13.8 Å². The first kappa shape index (κ1) is 15.9. The van der Waals surface area contributed by atoms with Gasteiger partial charge in [-0.2, -0.15) is 0 Å². The summed E-state index contributed by atoms with van der Waals surface area (Å²) >= 11 is 0. The largest absolute Gasteiger partial charge is 0.481 e. The van der Waals surface area contributed by atoms with Gasteiger partial charge in [-0.1, -0.05) is 13.8 Å². The Bertz CT molecular complexity index is 331. The first-order valence-electron chi connectivity index (χ1n) is 6.71. The van der Waals surface area contributed by atoms with Crippen molar-refractivity contribution in [1.29, 1.82) is 0 Å². The molecule has 1 amide bonds. The topological polar surface area (TPSA) is 98.7 Å². The van der Waals surface area contributed by atoms with Crippen molar-refractivity contribution >= 4 is 11.9 Å². The van der Waals surface area contributed by atoms with Crippen LogP contribution in [0.25, 0.3) is 0 Å². The van der Waals surface area contributed by atoms with Crippen molar-refractivity contribution < 1.29 is 19.8 Å². The van der Waals surface area contributed by atoms with Gasteiger partial charge in [0.2, 0.25) is 5.91 Å². The molecule has 1 rings (SSSR count). The number of carboxylic acid groups (broad SMARTS) is 1. The minimum atomic E-state index is -0.791. The van der Waals surface area contributed by atoms with E-state index in [9.17, 15) is 14.7 Å². The first-order valence-corrected chi connectivity index (χ1v) is 6.71. The molecule has 2 atom stereocenters. The van der Waals surface area contributed by atoms with Gasteiger partial charge in [0, 0.05) is 19.5 Å². The number of aliphatic hydroxyl groups is 1. The van der Waals surface area contributed by atoms with E-state index >= 15 is 0 Å². The van der Waals surface area contributed by atoms with E-state index in [1.165, 1.54) is 0 Å². The quantitative estimate of drug-likeness (QED) is 0.527. The molecule has 0 aromatic rings. The van der Waals surface area contributed by atoms with Gasteiger partial charge in [-0.15, -0.1) is 0 Å². The summed E-state index contributed by atoms with van der Waals surface area (Å²) in [6.45, 7) is 4.99. The number of carbonyl (C=O) groups excluding carboxylic acids is 1. The molecule has 1 saturated heterocycles. The van der Waals surface area contributed by atoms with Crippen molar-refractivity contribution in [2.75, 3.05) is 13.1 Å². The molecule has 1 fully saturated rings.